The second-order valence-corrected chi connectivity index (χ2v) is 5.09. The second-order valence-electron chi connectivity index (χ2n) is 5.09. The van der Waals surface area contributed by atoms with Crippen LogP contribution >= 0.6 is 0 Å². The van der Waals surface area contributed by atoms with E-state index in [-0.39, 0.29) is 5.91 Å². The molecule has 0 aromatic carbocycles. The van der Waals surface area contributed by atoms with Crippen molar-refractivity contribution in [3.05, 3.63) is 23.7 Å². The van der Waals surface area contributed by atoms with Crippen LogP contribution in [0.1, 0.15) is 36.1 Å². The third-order valence-corrected chi connectivity index (χ3v) is 3.56. The fraction of sp³-hybridized carbons (Fsp3) is 0.643. The number of carbonyl (C=O) groups is 1. The Kier molecular flexibility index (Phi) is 4.42. The van der Waals surface area contributed by atoms with Crippen LogP contribution in [0.15, 0.2) is 16.5 Å². The zero-order valence-corrected chi connectivity index (χ0v) is 11.2. The van der Waals surface area contributed by atoms with Crippen molar-refractivity contribution in [2.45, 2.75) is 26.2 Å². The van der Waals surface area contributed by atoms with Crippen LogP contribution in [0.2, 0.25) is 0 Å². The minimum Gasteiger partial charge on any atom is -0.456 e. The van der Waals surface area contributed by atoms with E-state index < -0.39 is 0 Å². The largest absolute Gasteiger partial charge is 0.456 e. The van der Waals surface area contributed by atoms with Gasteiger partial charge >= 0.3 is 0 Å². The summed E-state index contributed by atoms with van der Waals surface area (Å²) in [6, 6.07) is 3.70. The minimum absolute atomic E-state index is 0.0395. The van der Waals surface area contributed by atoms with E-state index >= 15 is 0 Å². The first-order chi connectivity index (χ1) is 8.70. The summed E-state index contributed by atoms with van der Waals surface area (Å²) >= 11 is 0. The molecule has 1 aliphatic rings. The SMILES string of the molecule is CNCCc1ccc(C(=O)N2CCC(C)CC2)o1. The first kappa shape index (κ1) is 13.1. The summed E-state index contributed by atoms with van der Waals surface area (Å²) in [4.78, 5) is 14.1. The number of nitrogens with zero attached hydrogens (tertiary/aromatic N) is 1. The van der Waals surface area contributed by atoms with Crippen molar-refractivity contribution in [1.82, 2.24) is 10.2 Å². The van der Waals surface area contributed by atoms with E-state index in [2.05, 4.69) is 12.2 Å². The van der Waals surface area contributed by atoms with Crippen LogP contribution in [-0.4, -0.2) is 37.5 Å². The number of likely N-dealkylation sites (N-methyl/N-ethyl adjacent to an activating group) is 1. The van der Waals surface area contributed by atoms with Crippen molar-refractivity contribution < 1.29 is 9.21 Å². The molecular weight excluding hydrogens is 228 g/mol. The van der Waals surface area contributed by atoms with Crippen LogP contribution in [0.4, 0.5) is 0 Å². The summed E-state index contributed by atoms with van der Waals surface area (Å²) < 4.78 is 5.60. The van der Waals surface area contributed by atoms with Gasteiger partial charge in [0.05, 0.1) is 0 Å². The Balaban J connectivity index is 1.94. The summed E-state index contributed by atoms with van der Waals surface area (Å²) in [6.45, 7) is 4.81. The van der Waals surface area contributed by atoms with Crippen LogP contribution in [0.5, 0.6) is 0 Å². The number of hydrogen-bond acceptors (Lipinski definition) is 3. The average molecular weight is 250 g/mol. The Bertz CT molecular complexity index is 392. The summed E-state index contributed by atoms with van der Waals surface area (Å²) in [5, 5.41) is 3.07. The standard InChI is InChI=1S/C14H22N2O2/c1-11-6-9-16(10-7-11)14(17)13-4-3-12(18-13)5-8-15-2/h3-4,11,15H,5-10H2,1-2H3. The molecule has 0 aliphatic carbocycles. The fourth-order valence-corrected chi connectivity index (χ4v) is 2.24. The molecule has 1 aromatic rings. The molecule has 100 valence electrons. The lowest BCUT2D eigenvalue weighted by molar-refractivity contribution is 0.0663. The predicted molar refractivity (Wildman–Crippen MR) is 70.6 cm³/mol. The van der Waals surface area contributed by atoms with Crippen molar-refractivity contribution in [2.75, 3.05) is 26.7 Å². The Morgan fingerprint density at radius 2 is 2.17 bits per heavy atom. The maximum Gasteiger partial charge on any atom is 0.289 e. The lowest BCUT2D eigenvalue weighted by atomic mass is 9.99. The lowest BCUT2D eigenvalue weighted by Gasteiger charge is -2.29. The lowest BCUT2D eigenvalue weighted by Crippen LogP contribution is -2.37. The molecule has 4 heteroatoms. The number of nitrogens with one attached hydrogen (secondary N) is 1. The highest BCUT2D eigenvalue weighted by atomic mass is 16.4. The quantitative estimate of drug-likeness (QED) is 0.888. The maximum absolute atomic E-state index is 12.2. The van der Waals surface area contributed by atoms with Gasteiger partial charge in [-0.2, -0.15) is 0 Å². The maximum atomic E-state index is 12.2. The molecule has 4 nitrogen and oxygen atoms in total. The molecule has 1 aliphatic heterocycles. The molecular formula is C14H22N2O2. The summed E-state index contributed by atoms with van der Waals surface area (Å²) in [7, 11) is 1.91. The molecule has 1 amide bonds. The highest BCUT2D eigenvalue weighted by Gasteiger charge is 2.23. The number of hydrogen-bond donors (Lipinski definition) is 1. The molecule has 0 spiro atoms. The first-order valence-corrected chi connectivity index (χ1v) is 6.73. The van der Waals surface area contributed by atoms with E-state index in [1.165, 1.54) is 0 Å². The number of rotatable bonds is 4. The molecule has 0 saturated carbocycles. The van der Waals surface area contributed by atoms with E-state index in [1.807, 2.05) is 18.0 Å². The molecule has 0 atom stereocenters. The summed E-state index contributed by atoms with van der Waals surface area (Å²) in [6.07, 6.45) is 3.01. The van der Waals surface area contributed by atoms with Crippen LogP contribution < -0.4 is 5.32 Å². The van der Waals surface area contributed by atoms with Crippen molar-refractivity contribution in [3.8, 4) is 0 Å². The Labute approximate surface area is 108 Å². The molecule has 0 bridgehead atoms. The molecule has 1 aromatic heterocycles. The Morgan fingerprint density at radius 1 is 1.44 bits per heavy atom. The highest BCUT2D eigenvalue weighted by molar-refractivity contribution is 5.91. The van der Waals surface area contributed by atoms with Gasteiger partial charge < -0.3 is 14.6 Å². The number of furan rings is 1. The highest BCUT2D eigenvalue weighted by Crippen LogP contribution is 2.19. The van der Waals surface area contributed by atoms with Crippen molar-refractivity contribution in [3.63, 3.8) is 0 Å². The average Bonchev–Trinajstić information content (AvgIpc) is 2.85. The molecule has 1 saturated heterocycles. The zero-order valence-electron chi connectivity index (χ0n) is 11.2. The second kappa shape index (κ2) is 6.05. The van der Waals surface area contributed by atoms with E-state index in [0.717, 1.165) is 50.6 Å². The molecule has 2 rings (SSSR count). The van der Waals surface area contributed by atoms with Gasteiger partial charge in [0.15, 0.2) is 5.76 Å². The Morgan fingerprint density at radius 3 is 2.83 bits per heavy atom. The van der Waals surface area contributed by atoms with Gasteiger partial charge in [-0.05, 0) is 37.9 Å². The number of piperidine rings is 1. The van der Waals surface area contributed by atoms with Gasteiger partial charge in [-0.1, -0.05) is 6.92 Å². The molecule has 1 N–H and O–H groups in total. The fourth-order valence-electron chi connectivity index (χ4n) is 2.24. The normalized spacial score (nSPS) is 17.1. The minimum atomic E-state index is 0.0395. The number of carbonyl (C=O) groups excluding carboxylic acids is 1. The van der Waals surface area contributed by atoms with Gasteiger partial charge in [0.2, 0.25) is 0 Å². The molecule has 0 unspecified atom stereocenters. The Hall–Kier alpha value is -1.29. The summed E-state index contributed by atoms with van der Waals surface area (Å²) in [5.74, 6) is 2.13. The van der Waals surface area contributed by atoms with Crippen LogP contribution in [0.3, 0.4) is 0 Å². The van der Waals surface area contributed by atoms with Gasteiger partial charge in [-0.15, -0.1) is 0 Å². The van der Waals surface area contributed by atoms with Gasteiger partial charge in [-0.3, -0.25) is 4.79 Å². The monoisotopic (exact) mass is 250 g/mol. The first-order valence-electron chi connectivity index (χ1n) is 6.73. The zero-order chi connectivity index (χ0) is 13.0. The smallest absolute Gasteiger partial charge is 0.289 e. The number of amides is 1. The van der Waals surface area contributed by atoms with E-state index in [1.54, 1.807) is 6.07 Å². The molecule has 1 fully saturated rings. The van der Waals surface area contributed by atoms with Crippen LogP contribution in [0, 0.1) is 5.92 Å². The van der Waals surface area contributed by atoms with Gasteiger partial charge in [0.1, 0.15) is 5.76 Å². The van der Waals surface area contributed by atoms with Gasteiger partial charge in [0, 0.05) is 26.1 Å². The van der Waals surface area contributed by atoms with E-state index in [4.69, 9.17) is 4.42 Å². The van der Waals surface area contributed by atoms with Crippen molar-refractivity contribution >= 4 is 5.91 Å². The topological polar surface area (TPSA) is 45.5 Å². The third-order valence-electron chi connectivity index (χ3n) is 3.56. The third kappa shape index (κ3) is 3.13. The summed E-state index contributed by atoms with van der Waals surface area (Å²) in [5.41, 5.74) is 0. The van der Waals surface area contributed by atoms with E-state index in [0.29, 0.717) is 5.76 Å². The molecule has 18 heavy (non-hydrogen) atoms. The van der Waals surface area contributed by atoms with Crippen LogP contribution in [-0.2, 0) is 6.42 Å². The van der Waals surface area contributed by atoms with Crippen LogP contribution in [0.25, 0.3) is 0 Å². The van der Waals surface area contributed by atoms with Gasteiger partial charge in [-0.25, -0.2) is 0 Å². The van der Waals surface area contributed by atoms with E-state index in [9.17, 15) is 4.79 Å². The molecule has 0 radical (unpaired) electrons. The van der Waals surface area contributed by atoms with Crippen molar-refractivity contribution in [2.24, 2.45) is 5.92 Å². The predicted octanol–water partition coefficient (Wildman–Crippen LogP) is 1.91. The van der Waals surface area contributed by atoms with Gasteiger partial charge in [0.25, 0.3) is 5.91 Å². The number of likely N-dealkylation sites (tertiary alicyclic amines) is 1. The van der Waals surface area contributed by atoms with Crippen molar-refractivity contribution in [1.29, 1.82) is 0 Å². The molecule has 2 heterocycles.